The Balaban J connectivity index is 2.20. The molecule has 0 fully saturated rings. The summed E-state index contributed by atoms with van der Waals surface area (Å²) < 4.78 is 3.21. The van der Waals surface area contributed by atoms with E-state index in [0.717, 1.165) is 27.7 Å². The molecule has 0 saturated carbocycles. The molecular weight excluding hydrogens is 300 g/mol. The quantitative estimate of drug-likeness (QED) is 0.549. The molecule has 0 aliphatic carbocycles. The third-order valence-corrected chi connectivity index (χ3v) is 4.32. The fourth-order valence-electron chi connectivity index (χ4n) is 2.99. The number of hydrogen-bond donors (Lipinski definition) is 0. The minimum Gasteiger partial charge on any atom is -0.295 e. The highest BCUT2D eigenvalue weighted by Crippen LogP contribution is 2.23. The minimum atomic E-state index is -0.0748. The first kappa shape index (κ1) is 16.0. The van der Waals surface area contributed by atoms with Crippen LogP contribution < -0.4 is 5.69 Å². The van der Waals surface area contributed by atoms with Crippen molar-refractivity contribution in [2.45, 2.75) is 13.8 Å². The van der Waals surface area contributed by atoms with Crippen LogP contribution in [0.25, 0.3) is 22.7 Å². The van der Waals surface area contributed by atoms with E-state index in [1.165, 1.54) is 0 Å². The fraction of sp³-hybridized carbons (Fsp3) is 0.200. The molecule has 0 saturated heterocycles. The van der Waals surface area contributed by atoms with Gasteiger partial charge < -0.3 is 0 Å². The molecule has 0 atom stereocenters. The van der Waals surface area contributed by atoms with Gasteiger partial charge in [0.2, 0.25) is 0 Å². The molecule has 1 heterocycles. The summed E-state index contributed by atoms with van der Waals surface area (Å²) in [5, 5.41) is 0. The number of Topliss-reactive ketones (excluding diaryl/α,β-unsaturated/α-hetero) is 1. The summed E-state index contributed by atoms with van der Waals surface area (Å²) in [7, 11) is 3.49. The Morgan fingerprint density at radius 1 is 1.00 bits per heavy atom. The molecule has 24 heavy (non-hydrogen) atoms. The Morgan fingerprint density at radius 2 is 1.71 bits per heavy atom. The normalized spacial score (nSPS) is 11.9. The molecule has 122 valence electrons. The number of rotatable bonds is 3. The number of aromatic nitrogens is 2. The Bertz CT molecular complexity index is 1040. The zero-order chi connectivity index (χ0) is 17.4. The molecule has 4 heteroatoms. The van der Waals surface area contributed by atoms with Gasteiger partial charge in [-0.25, -0.2) is 4.79 Å². The lowest BCUT2D eigenvalue weighted by Gasteiger charge is -2.06. The summed E-state index contributed by atoms with van der Waals surface area (Å²) in [5.41, 5.74) is 5.18. The maximum absolute atomic E-state index is 12.2. The van der Waals surface area contributed by atoms with E-state index in [4.69, 9.17) is 0 Å². The summed E-state index contributed by atoms with van der Waals surface area (Å²) in [6.45, 7) is 3.59. The van der Waals surface area contributed by atoms with Gasteiger partial charge in [-0.2, -0.15) is 0 Å². The Hall–Kier alpha value is -2.88. The van der Waals surface area contributed by atoms with E-state index in [9.17, 15) is 9.59 Å². The predicted molar refractivity (Wildman–Crippen MR) is 97.9 cm³/mol. The lowest BCUT2D eigenvalue weighted by Crippen LogP contribution is -2.19. The molecule has 0 amide bonds. The average Bonchev–Trinajstić information content (AvgIpc) is 2.77. The first-order chi connectivity index (χ1) is 11.4. The molecule has 4 nitrogen and oxygen atoms in total. The predicted octanol–water partition coefficient (Wildman–Crippen LogP) is 3.32. The van der Waals surface area contributed by atoms with Crippen molar-refractivity contribution in [1.29, 1.82) is 0 Å². The summed E-state index contributed by atoms with van der Waals surface area (Å²) in [6, 6.07) is 13.7. The number of carbonyl (C=O) groups is 1. The summed E-state index contributed by atoms with van der Waals surface area (Å²) in [5.74, 6) is -0.00297. The molecule has 3 aromatic rings. The smallest absolute Gasteiger partial charge is 0.295 e. The lowest BCUT2D eigenvalue weighted by atomic mass is 9.98. The van der Waals surface area contributed by atoms with Crippen molar-refractivity contribution in [1.82, 2.24) is 9.13 Å². The first-order valence-corrected chi connectivity index (χ1v) is 7.83. The monoisotopic (exact) mass is 320 g/mol. The third-order valence-electron chi connectivity index (χ3n) is 4.32. The van der Waals surface area contributed by atoms with Gasteiger partial charge in [0.1, 0.15) is 0 Å². The standard InChI is InChI=1S/C20H20N2O2/c1-13-6-5-7-15(10-13)11-17(14(2)23)16-8-9-18-19(12-16)22(4)20(24)21(18)3/h5-12H,1-4H3/b17-11-. The molecule has 0 spiro atoms. The Labute approximate surface area is 140 Å². The maximum atomic E-state index is 12.2. The first-order valence-electron chi connectivity index (χ1n) is 7.83. The van der Waals surface area contributed by atoms with Gasteiger partial charge in [-0.3, -0.25) is 13.9 Å². The van der Waals surface area contributed by atoms with E-state index in [1.54, 1.807) is 30.2 Å². The van der Waals surface area contributed by atoms with Gasteiger partial charge in [-0.15, -0.1) is 0 Å². The van der Waals surface area contributed by atoms with Gasteiger partial charge >= 0.3 is 5.69 Å². The van der Waals surface area contributed by atoms with Crippen molar-refractivity contribution < 1.29 is 4.79 Å². The van der Waals surface area contributed by atoms with Crippen molar-refractivity contribution in [3.05, 3.63) is 69.6 Å². The number of nitrogens with zero attached hydrogens (tertiary/aromatic N) is 2. The van der Waals surface area contributed by atoms with Crippen LogP contribution in [0.5, 0.6) is 0 Å². The van der Waals surface area contributed by atoms with Crippen molar-refractivity contribution in [2.24, 2.45) is 14.1 Å². The molecule has 0 aliphatic heterocycles. The highest BCUT2D eigenvalue weighted by atomic mass is 16.1. The number of imidazole rings is 1. The van der Waals surface area contributed by atoms with Gasteiger partial charge in [-0.1, -0.05) is 35.9 Å². The van der Waals surface area contributed by atoms with Gasteiger partial charge in [0.15, 0.2) is 5.78 Å². The van der Waals surface area contributed by atoms with E-state index in [2.05, 4.69) is 0 Å². The number of fused-ring (bicyclic) bond motifs is 1. The van der Waals surface area contributed by atoms with Gasteiger partial charge in [0.25, 0.3) is 0 Å². The largest absolute Gasteiger partial charge is 0.328 e. The average molecular weight is 320 g/mol. The highest BCUT2D eigenvalue weighted by Gasteiger charge is 2.12. The van der Waals surface area contributed by atoms with Crippen LogP contribution in [0.1, 0.15) is 23.6 Å². The molecule has 0 N–H and O–H groups in total. The van der Waals surface area contributed by atoms with Crippen molar-refractivity contribution in [3.8, 4) is 0 Å². The molecular formula is C20H20N2O2. The summed E-state index contributed by atoms with van der Waals surface area (Å²) in [6.07, 6.45) is 1.90. The number of carbonyl (C=O) groups excluding carboxylic acids is 1. The van der Waals surface area contributed by atoms with E-state index < -0.39 is 0 Å². The highest BCUT2D eigenvalue weighted by molar-refractivity contribution is 6.24. The van der Waals surface area contributed by atoms with E-state index >= 15 is 0 Å². The van der Waals surface area contributed by atoms with E-state index in [0.29, 0.717) is 5.57 Å². The lowest BCUT2D eigenvalue weighted by molar-refractivity contribution is -0.111. The second-order valence-electron chi connectivity index (χ2n) is 6.13. The van der Waals surface area contributed by atoms with Gasteiger partial charge in [-0.05, 0) is 43.2 Å². The van der Waals surface area contributed by atoms with Gasteiger partial charge in [0, 0.05) is 19.7 Å². The number of allylic oxidation sites excluding steroid dienone is 1. The topological polar surface area (TPSA) is 44.0 Å². The molecule has 3 rings (SSSR count). The number of ketones is 1. The SMILES string of the molecule is CC(=O)/C(=C/c1cccc(C)c1)c1ccc2c(c1)n(C)c(=O)n2C. The Kier molecular flexibility index (Phi) is 3.97. The Morgan fingerprint density at radius 3 is 2.38 bits per heavy atom. The van der Waals surface area contributed by atoms with E-state index in [1.807, 2.05) is 55.5 Å². The zero-order valence-corrected chi connectivity index (χ0v) is 14.3. The van der Waals surface area contributed by atoms with Crippen LogP contribution in [-0.4, -0.2) is 14.9 Å². The second kappa shape index (κ2) is 5.96. The van der Waals surface area contributed by atoms with Crippen LogP contribution in [0.4, 0.5) is 0 Å². The van der Waals surface area contributed by atoms with Crippen LogP contribution >= 0.6 is 0 Å². The zero-order valence-electron chi connectivity index (χ0n) is 14.3. The van der Waals surface area contributed by atoms with Crippen LogP contribution in [0.3, 0.4) is 0 Å². The molecule has 0 aliphatic rings. The van der Waals surface area contributed by atoms with Crippen LogP contribution in [-0.2, 0) is 18.9 Å². The molecule has 2 aromatic carbocycles. The van der Waals surface area contributed by atoms with Gasteiger partial charge in [0.05, 0.1) is 11.0 Å². The number of aryl methyl sites for hydroxylation is 3. The van der Waals surface area contributed by atoms with Crippen molar-refractivity contribution in [3.63, 3.8) is 0 Å². The van der Waals surface area contributed by atoms with Crippen LogP contribution in [0, 0.1) is 6.92 Å². The number of hydrogen-bond acceptors (Lipinski definition) is 2. The molecule has 0 radical (unpaired) electrons. The minimum absolute atomic E-state index is 0.00297. The molecule has 0 unspecified atom stereocenters. The van der Waals surface area contributed by atoms with Crippen LogP contribution in [0.2, 0.25) is 0 Å². The van der Waals surface area contributed by atoms with Crippen LogP contribution in [0.15, 0.2) is 47.3 Å². The van der Waals surface area contributed by atoms with Crippen molar-refractivity contribution in [2.75, 3.05) is 0 Å². The molecule has 1 aromatic heterocycles. The third kappa shape index (κ3) is 2.71. The fourth-order valence-corrected chi connectivity index (χ4v) is 2.99. The summed E-state index contributed by atoms with van der Waals surface area (Å²) >= 11 is 0. The second-order valence-corrected chi connectivity index (χ2v) is 6.13. The van der Waals surface area contributed by atoms with E-state index in [-0.39, 0.29) is 11.5 Å². The summed E-state index contributed by atoms with van der Waals surface area (Å²) in [4.78, 5) is 24.3. The number of benzene rings is 2. The molecule has 0 bridgehead atoms. The maximum Gasteiger partial charge on any atom is 0.328 e. The van der Waals surface area contributed by atoms with Crippen molar-refractivity contribution >= 4 is 28.5 Å².